The van der Waals surface area contributed by atoms with Gasteiger partial charge in [-0.1, -0.05) is 39.7 Å². The van der Waals surface area contributed by atoms with Crippen LogP contribution in [0.15, 0.2) is 53.1 Å². The van der Waals surface area contributed by atoms with Gasteiger partial charge in [-0.2, -0.15) is 5.10 Å². The lowest BCUT2D eigenvalue weighted by Gasteiger charge is -2.12. The molecule has 0 spiro atoms. The summed E-state index contributed by atoms with van der Waals surface area (Å²) in [4.78, 5) is 12.5. The third-order valence-corrected chi connectivity index (χ3v) is 5.33. The molecule has 0 fully saturated rings. The fourth-order valence-electron chi connectivity index (χ4n) is 2.95. The quantitative estimate of drug-likeness (QED) is 0.283. The number of halogens is 2. The molecule has 0 amide bonds. The Morgan fingerprint density at radius 2 is 2.00 bits per heavy atom. The third-order valence-electron chi connectivity index (χ3n) is 4.54. The predicted molar refractivity (Wildman–Crippen MR) is 122 cm³/mol. The maximum absolute atomic E-state index is 12.5. The number of benzene rings is 2. The molecule has 156 valence electrons. The SMILES string of the molecule is CCn1cc(C(=O)/C=C/c2ccc(OC)c(COc3ccc(Br)cc3Cl)c2)c(C)n1. The van der Waals surface area contributed by atoms with Crippen LogP contribution >= 0.6 is 27.5 Å². The molecule has 1 heterocycles. The van der Waals surface area contributed by atoms with Crippen LogP contribution in [0, 0.1) is 6.92 Å². The molecule has 2 aromatic carbocycles. The van der Waals surface area contributed by atoms with Crippen molar-refractivity contribution >= 4 is 39.4 Å². The molecule has 0 saturated carbocycles. The highest BCUT2D eigenvalue weighted by molar-refractivity contribution is 9.10. The van der Waals surface area contributed by atoms with E-state index in [1.54, 1.807) is 42.3 Å². The van der Waals surface area contributed by atoms with Gasteiger partial charge in [0, 0.05) is 22.8 Å². The number of carbonyl (C=O) groups excluding carboxylic acids is 1. The molecule has 1 aromatic heterocycles. The van der Waals surface area contributed by atoms with E-state index in [2.05, 4.69) is 21.0 Å². The summed E-state index contributed by atoms with van der Waals surface area (Å²) in [7, 11) is 1.61. The van der Waals surface area contributed by atoms with Crippen LogP contribution in [-0.4, -0.2) is 22.7 Å². The minimum Gasteiger partial charge on any atom is -0.496 e. The molecule has 30 heavy (non-hydrogen) atoms. The predicted octanol–water partition coefficient (Wildman–Crippen LogP) is 6.11. The fourth-order valence-corrected chi connectivity index (χ4v) is 3.67. The van der Waals surface area contributed by atoms with E-state index in [9.17, 15) is 4.79 Å². The van der Waals surface area contributed by atoms with Crippen molar-refractivity contribution in [3.05, 3.63) is 80.6 Å². The van der Waals surface area contributed by atoms with Crippen molar-refractivity contribution in [2.75, 3.05) is 7.11 Å². The summed E-state index contributed by atoms with van der Waals surface area (Å²) in [6, 6.07) is 11.1. The van der Waals surface area contributed by atoms with Crippen molar-refractivity contribution in [2.45, 2.75) is 27.0 Å². The van der Waals surface area contributed by atoms with Gasteiger partial charge in [0.1, 0.15) is 18.1 Å². The number of allylic oxidation sites excluding steroid dienone is 1. The summed E-state index contributed by atoms with van der Waals surface area (Å²) >= 11 is 9.61. The zero-order valence-electron chi connectivity index (χ0n) is 17.0. The first-order valence-corrected chi connectivity index (χ1v) is 10.6. The maximum Gasteiger partial charge on any atom is 0.189 e. The number of ketones is 1. The van der Waals surface area contributed by atoms with E-state index in [1.807, 2.05) is 38.1 Å². The zero-order chi connectivity index (χ0) is 21.7. The van der Waals surface area contributed by atoms with Gasteiger partial charge >= 0.3 is 0 Å². The first-order chi connectivity index (χ1) is 14.4. The topological polar surface area (TPSA) is 53.4 Å². The number of nitrogens with zero attached hydrogens (tertiary/aromatic N) is 2. The Morgan fingerprint density at radius 3 is 2.67 bits per heavy atom. The number of aromatic nitrogens is 2. The molecule has 0 aliphatic heterocycles. The Balaban J connectivity index is 1.77. The van der Waals surface area contributed by atoms with Gasteiger partial charge in [-0.25, -0.2) is 0 Å². The van der Waals surface area contributed by atoms with Gasteiger partial charge in [0.15, 0.2) is 5.78 Å². The van der Waals surface area contributed by atoms with Crippen LogP contribution in [0.3, 0.4) is 0 Å². The molecular weight excluding hydrogens is 468 g/mol. The Labute approximate surface area is 189 Å². The first-order valence-electron chi connectivity index (χ1n) is 9.42. The molecule has 0 aliphatic rings. The number of ether oxygens (including phenoxy) is 2. The summed E-state index contributed by atoms with van der Waals surface area (Å²) in [5.41, 5.74) is 3.04. The van der Waals surface area contributed by atoms with Crippen LogP contribution in [-0.2, 0) is 13.2 Å². The van der Waals surface area contributed by atoms with Crippen molar-refractivity contribution in [3.8, 4) is 11.5 Å². The van der Waals surface area contributed by atoms with Crippen LogP contribution in [0.5, 0.6) is 11.5 Å². The Hall–Kier alpha value is -2.57. The van der Waals surface area contributed by atoms with Crippen molar-refractivity contribution in [1.29, 1.82) is 0 Å². The Bertz CT molecular complexity index is 1090. The highest BCUT2D eigenvalue weighted by atomic mass is 79.9. The average Bonchev–Trinajstić information content (AvgIpc) is 3.12. The van der Waals surface area contributed by atoms with Gasteiger partial charge in [-0.3, -0.25) is 9.48 Å². The van der Waals surface area contributed by atoms with Crippen molar-refractivity contribution in [1.82, 2.24) is 9.78 Å². The largest absolute Gasteiger partial charge is 0.496 e. The summed E-state index contributed by atoms with van der Waals surface area (Å²) < 4.78 is 13.9. The van der Waals surface area contributed by atoms with Crippen LogP contribution in [0.4, 0.5) is 0 Å². The summed E-state index contributed by atoms with van der Waals surface area (Å²) in [5.74, 6) is 1.20. The molecular formula is C23H22BrClN2O3. The van der Waals surface area contributed by atoms with Crippen molar-refractivity contribution < 1.29 is 14.3 Å². The molecule has 3 aromatic rings. The van der Waals surface area contributed by atoms with Crippen LogP contribution in [0.2, 0.25) is 5.02 Å². The normalized spacial score (nSPS) is 11.1. The lowest BCUT2D eigenvalue weighted by Crippen LogP contribution is -2.00. The van der Waals surface area contributed by atoms with Crippen molar-refractivity contribution in [2.24, 2.45) is 0 Å². The summed E-state index contributed by atoms with van der Waals surface area (Å²) in [6.07, 6.45) is 5.11. The lowest BCUT2D eigenvalue weighted by molar-refractivity contribution is 0.104. The van der Waals surface area contributed by atoms with E-state index in [1.165, 1.54) is 0 Å². The van der Waals surface area contributed by atoms with E-state index < -0.39 is 0 Å². The second-order valence-corrected chi connectivity index (χ2v) is 7.94. The van der Waals surface area contributed by atoms with Gasteiger partial charge in [-0.05, 0) is 55.8 Å². The molecule has 0 saturated heterocycles. The van der Waals surface area contributed by atoms with Crippen LogP contribution < -0.4 is 9.47 Å². The van der Waals surface area contributed by atoms with E-state index in [-0.39, 0.29) is 12.4 Å². The van der Waals surface area contributed by atoms with Crippen molar-refractivity contribution in [3.63, 3.8) is 0 Å². The summed E-state index contributed by atoms with van der Waals surface area (Å²) in [5, 5.41) is 4.84. The van der Waals surface area contributed by atoms with E-state index in [4.69, 9.17) is 21.1 Å². The van der Waals surface area contributed by atoms with Gasteiger partial charge in [0.25, 0.3) is 0 Å². The van der Waals surface area contributed by atoms with Gasteiger partial charge in [0.2, 0.25) is 0 Å². The minimum atomic E-state index is -0.0811. The Kier molecular flexibility index (Phi) is 7.34. The molecule has 7 heteroatoms. The monoisotopic (exact) mass is 488 g/mol. The smallest absolute Gasteiger partial charge is 0.189 e. The van der Waals surface area contributed by atoms with Crippen LogP contribution in [0.1, 0.15) is 34.1 Å². The minimum absolute atomic E-state index is 0.0811. The molecule has 0 N–H and O–H groups in total. The van der Waals surface area contributed by atoms with Gasteiger partial charge in [0.05, 0.1) is 23.4 Å². The number of carbonyl (C=O) groups is 1. The average molecular weight is 490 g/mol. The Morgan fingerprint density at radius 1 is 1.23 bits per heavy atom. The molecule has 0 unspecified atom stereocenters. The number of methoxy groups -OCH3 is 1. The van der Waals surface area contributed by atoms with E-state index >= 15 is 0 Å². The third kappa shape index (κ3) is 5.32. The van der Waals surface area contributed by atoms with E-state index in [0.717, 1.165) is 27.8 Å². The number of aryl methyl sites for hydroxylation is 2. The number of hydrogen-bond acceptors (Lipinski definition) is 4. The lowest BCUT2D eigenvalue weighted by atomic mass is 10.1. The van der Waals surface area contributed by atoms with E-state index in [0.29, 0.717) is 22.1 Å². The highest BCUT2D eigenvalue weighted by Gasteiger charge is 2.11. The maximum atomic E-state index is 12.5. The highest BCUT2D eigenvalue weighted by Crippen LogP contribution is 2.30. The molecule has 0 radical (unpaired) electrons. The second-order valence-electron chi connectivity index (χ2n) is 6.62. The molecule has 0 aliphatic carbocycles. The zero-order valence-corrected chi connectivity index (χ0v) is 19.3. The number of rotatable bonds is 8. The molecule has 5 nitrogen and oxygen atoms in total. The summed E-state index contributed by atoms with van der Waals surface area (Å²) in [6.45, 7) is 4.83. The van der Waals surface area contributed by atoms with Crippen LogP contribution in [0.25, 0.3) is 6.08 Å². The van der Waals surface area contributed by atoms with Gasteiger partial charge in [-0.15, -0.1) is 0 Å². The number of hydrogen-bond donors (Lipinski definition) is 0. The van der Waals surface area contributed by atoms with Gasteiger partial charge < -0.3 is 9.47 Å². The first kappa shape index (κ1) is 22.1. The molecule has 0 bridgehead atoms. The molecule has 3 rings (SSSR count). The molecule has 0 atom stereocenters. The standard InChI is InChI=1S/C23H22BrClN2O3/c1-4-27-13-19(15(2)26-27)21(28)8-5-16-6-9-22(29-3)17(11-16)14-30-23-10-7-18(24)12-20(23)25/h5-13H,4,14H2,1-3H3/b8-5+. The second kappa shape index (κ2) is 9.96. The fraction of sp³-hybridized carbons (Fsp3) is 0.217.